The molecule has 8 atom stereocenters. The molecule has 0 radical (unpaired) electrons. The van der Waals surface area contributed by atoms with E-state index in [0.717, 1.165) is 56.6 Å². The molecule has 68 heavy (non-hydrogen) atoms. The standard InChI is InChI=1S/C63H66N4S/c1-6-18-41(19-7-1)45-30-33-49(42-20-8-2-9-21-42)54(38-45)46-31-34-50(55(39-46)63-65-61(43-22-10-3-11-23-43)64-62(66-63)44-24-12-4-13-25-44)47-32-35-51-52-36-37-57-59(60(52)68-58(51)40-47)53-28-16-17-29-56(53)67(57)48-26-14-5-15-27-48/h2-4,6,8,10,12,18-20,22,24,26,28-29,31-32,34-37,39-40,45,49,51,54,57-59,61H,1,5,7,9,11,13-17,21,23,25,27,30,33,38H2,(H,64,65,66). The highest BCUT2D eigenvalue weighted by Gasteiger charge is 2.50. The van der Waals surface area contributed by atoms with Crippen molar-refractivity contribution < 1.29 is 0 Å². The molecule has 0 aromatic heterocycles. The monoisotopic (exact) mass is 911 g/mol. The van der Waals surface area contributed by atoms with Crippen LogP contribution in [0.5, 0.6) is 0 Å². The molecule has 1 aromatic rings. The van der Waals surface area contributed by atoms with E-state index in [0.29, 0.717) is 40.9 Å². The summed E-state index contributed by atoms with van der Waals surface area (Å²) in [6.45, 7) is 0. The number of amidine groups is 2. The Balaban J connectivity index is 0.895. The lowest BCUT2D eigenvalue weighted by atomic mass is 9.65. The molecular formula is C63H66N4S. The lowest BCUT2D eigenvalue weighted by molar-refractivity contribution is 0.286. The molecule has 3 aliphatic heterocycles. The van der Waals surface area contributed by atoms with Gasteiger partial charge in [-0.25, -0.2) is 9.98 Å². The third kappa shape index (κ3) is 7.85. The normalized spacial score (nSPS) is 32.5. The summed E-state index contributed by atoms with van der Waals surface area (Å²) in [6.07, 6.45) is 68.0. The highest BCUT2D eigenvalue weighted by molar-refractivity contribution is 8.04. The third-order valence-electron chi connectivity index (χ3n) is 17.2. The van der Waals surface area contributed by atoms with Crippen LogP contribution in [0.4, 0.5) is 0 Å². The van der Waals surface area contributed by atoms with E-state index in [1.165, 1.54) is 103 Å². The molecule has 9 aliphatic carbocycles. The summed E-state index contributed by atoms with van der Waals surface area (Å²) < 4.78 is 0. The minimum Gasteiger partial charge on any atom is -0.338 e. The summed E-state index contributed by atoms with van der Waals surface area (Å²) in [5.41, 5.74) is 17.3. The van der Waals surface area contributed by atoms with Crippen molar-refractivity contribution in [2.75, 3.05) is 0 Å². The molecule has 1 saturated heterocycles. The van der Waals surface area contributed by atoms with Crippen LogP contribution in [-0.4, -0.2) is 34.0 Å². The van der Waals surface area contributed by atoms with E-state index < -0.39 is 0 Å². The van der Waals surface area contributed by atoms with Gasteiger partial charge in [0.1, 0.15) is 11.7 Å². The molecule has 8 unspecified atom stereocenters. The Hall–Kier alpha value is -5.39. The molecule has 1 N–H and O–H groups in total. The fraction of sp³-hybridized carbons (Fsp3) is 0.397. The van der Waals surface area contributed by atoms with Crippen molar-refractivity contribution in [3.05, 3.63) is 206 Å². The lowest BCUT2D eigenvalue weighted by Gasteiger charge is -2.39. The van der Waals surface area contributed by atoms with Crippen LogP contribution in [0.25, 0.3) is 5.57 Å². The SMILES string of the molecule is C1=CCCC(C2=NC(C3=CC=CCC3)N=C(c3cc(C4CC(C5=CCCC=C5)CCC4C4=CC=CCC4)ccc3C3=CC4SC5=C(C=CC6C5C5=CCCC=C5N6C5=CCCCC5)C4C=C3)N2)=C1. The number of aliphatic imine (C=N–C) groups is 2. The molecule has 0 amide bonds. The van der Waals surface area contributed by atoms with Gasteiger partial charge in [-0.1, -0.05) is 139 Å². The van der Waals surface area contributed by atoms with Crippen LogP contribution >= 0.6 is 11.8 Å². The zero-order valence-electron chi connectivity index (χ0n) is 39.7. The van der Waals surface area contributed by atoms with Crippen LogP contribution < -0.4 is 5.32 Å². The molecule has 5 heteroatoms. The summed E-state index contributed by atoms with van der Waals surface area (Å²) in [7, 11) is 0. The van der Waals surface area contributed by atoms with Crippen molar-refractivity contribution in [3.63, 3.8) is 0 Å². The average Bonchev–Trinajstić information content (AvgIpc) is 3.97. The van der Waals surface area contributed by atoms with Crippen LogP contribution in [0.1, 0.15) is 132 Å². The predicted octanol–water partition coefficient (Wildman–Crippen LogP) is 15.2. The van der Waals surface area contributed by atoms with Gasteiger partial charge < -0.3 is 10.2 Å². The van der Waals surface area contributed by atoms with Gasteiger partial charge in [0.05, 0.1) is 6.04 Å². The van der Waals surface area contributed by atoms with E-state index in [9.17, 15) is 0 Å². The maximum absolute atomic E-state index is 5.64. The first-order valence-electron chi connectivity index (χ1n) is 26.6. The Labute approximate surface area is 409 Å². The average molecular weight is 911 g/mol. The fourth-order valence-corrected chi connectivity index (χ4v) is 15.4. The summed E-state index contributed by atoms with van der Waals surface area (Å²) in [5.74, 6) is 4.33. The zero-order valence-corrected chi connectivity index (χ0v) is 40.5. The van der Waals surface area contributed by atoms with E-state index in [1.54, 1.807) is 32.9 Å². The molecule has 12 aliphatic rings. The number of rotatable bonds is 8. The second-order valence-electron chi connectivity index (χ2n) is 21.1. The van der Waals surface area contributed by atoms with Crippen molar-refractivity contribution in [2.45, 2.75) is 133 Å². The number of hydrogen-bond acceptors (Lipinski definition) is 5. The largest absolute Gasteiger partial charge is 0.338 e. The highest BCUT2D eigenvalue weighted by atomic mass is 32.2. The summed E-state index contributed by atoms with van der Waals surface area (Å²) in [6, 6.07) is 7.99. The van der Waals surface area contributed by atoms with Crippen LogP contribution in [0, 0.1) is 23.7 Å². The number of thioether (sulfide) groups is 1. The van der Waals surface area contributed by atoms with Crippen molar-refractivity contribution in [1.82, 2.24) is 10.2 Å². The van der Waals surface area contributed by atoms with Gasteiger partial charge >= 0.3 is 0 Å². The molecule has 0 bridgehead atoms. The van der Waals surface area contributed by atoms with Crippen LogP contribution in [-0.2, 0) is 0 Å². The number of hydrogen-bond donors (Lipinski definition) is 1. The third-order valence-corrected chi connectivity index (χ3v) is 18.6. The molecule has 0 spiro atoms. The first kappa shape index (κ1) is 42.7. The number of fused-ring (bicyclic) bond motifs is 6. The Morgan fingerprint density at radius 3 is 2.31 bits per heavy atom. The number of benzene rings is 1. The molecule has 3 heterocycles. The lowest BCUT2D eigenvalue weighted by Crippen LogP contribution is -2.39. The van der Waals surface area contributed by atoms with Crippen molar-refractivity contribution in [3.8, 4) is 0 Å². The molecular weight excluding hydrogens is 845 g/mol. The smallest absolute Gasteiger partial charge is 0.166 e. The Morgan fingerprint density at radius 1 is 0.662 bits per heavy atom. The van der Waals surface area contributed by atoms with Gasteiger partial charge in [0, 0.05) is 34.0 Å². The molecule has 344 valence electrons. The summed E-state index contributed by atoms with van der Waals surface area (Å²) in [5, 5.41) is 4.30. The van der Waals surface area contributed by atoms with Gasteiger partial charge in [-0.3, -0.25) is 0 Å². The maximum Gasteiger partial charge on any atom is 0.166 e. The van der Waals surface area contributed by atoms with Gasteiger partial charge in [0.15, 0.2) is 6.17 Å². The van der Waals surface area contributed by atoms with E-state index in [1.807, 2.05) is 0 Å². The van der Waals surface area contributed by atoms with Gasteiger partial charge in [-0.2, -0.15) is 0 Å². The molecule has 4 nitrogen and oxygen atoms in total. The highest BCUT2D eigenvalue weighted by Crippen LogP contribution is 2.59. The Morgan fingerprint density at radius 2 is 1.50 bits per heavy atom. The first-order chi connectivity index (χ1) is 33.7. The number of nitrogens with zero attached hydrogens (tertiary/aromatic N) is 3. The van der Waals surface area contributed by atoms with Crippen molar-refractivity contribution in [1.29, 1.82) is 0 Å². The number of allylic oxidation sites excluding steroid dienone is 24. The quantitative estimate of drug-likeness (QED) is 0.282. The van der Waals surface area contributed by atoms with Crippen molar-refractivity contribution in [2.24, 2.45) is 33.7 Å². The second kappa shape index (κ2) is 18.5. The fourth-order valence-electron chi connectivity index (χ4n) is 13.8. The maximum atomic E-state index is 5.64. The van der Waals surface area contributed by atoms with Gasteiger partial charge in [-0.05, 0) is 182 Å². The minimum absolute atomic E-state index is 0.241. The van der Waals surface area contributed by atoms with E-state index in [2.05, 4.69) is 162 Å². The summed E-state index contributed by atoms with van der Waals surface area (Å²) >= 11 is 2.16. The molecule has 1 aromatic carbocycles. The van der Waals surface area contributed by atoms with E-state index in [4.69, 9.17) is 9.98 Å². The predicted molar refractivity (Wildman–Crippen MR) is 286 cm³/mol. The van der Waals surface area contributed by atoms with Crippen LogP contribution in [0.15, 0.2) is 199 Å². The Bertz CT molecular complexity index is 2830. The topological polar surface area (TPSA) is 40.0 Å². The zero-order chi connectivity index (χ0) is 45.0. The van der Waals surface area contributed by atoms with Gasteiger partial charge in [-0.15, -0.1) is 11.8 Å². The molecule has 1 saturated carbocycles. The van der Waals surface area contributed by atoms with Gasteiger partial charge in [0.25, 0.3) is 0 Å². The van der Waals surface area contributed by atoms with Crippen molar-refractivity contribution >= 4 is 29.0 Å². The molecule has 13 rings (SSSR count). The van der Waals surface area contributed by atoms with E-state index in [-0.39, 0.29) is 6.17 Å². The second-order valence-corrected chi connectivity index (χ2v) is 22.3. The minimum atomic E-state index is -0.241. The van der Waals surface area contributed by atoms with E-state index >= 15 is 0 Å². The van der Waals surface area contributed by atoms with Gasteiger partial charge in [0.2, 0.25) is 0 Å². The number of likely N-dealkylation sites (tertiary alicyclic amines) is 1. The Kier molecular flexibility index (Phi) is 11.6. The number of nitrogens with one attached hydrogen (secondary N) is 1. The first-order valence-corrected chi connectivity index (χ1v) is 27.5. The molecule has 2 fully saturated rings. The van der Waals surface area contributed by atoms with Crippen LogP contribution in [0.2, 0.25) is 0 Å². The summed E-state index contributed by atoms with van der Waals surface area (Å²) in [4.78, 5) is 15.4. The van der Waals surface area contributed by atoms with Crippen LogP contribution in [0.3, 0.4) is 0 Å².